The Bertz CT molecular complexity index is 442. The molecular weight excluding hydrogens is 224 g/mol. The van der Waals surface area contributed by atoms with Crippen molar-refractivity contribution >= 4 is 17.2 Å². The van der Waals surface area contributed by atoms with Crippen LogP contribution in [0.1, 0.15) is 49.9 Å². The van der Waals surface area contributed by atoms with Crippen LogP contribution in [-0.2, 0) is 0 Å². The second kappa shape index (κ2) is 5.42. The molecule has 0 radical (unpaired) electrons. The van der Waals surface area contributed by atoms with Gasteiger partial charge in [-0.3, -0.25) is 4.79 Å². The molecule has 0 aliphatic carbocycles. The first-order chi connectivity index (χ1) is 8.63. The minimum absolute atomic E-state index is 0.0322. The summed E-state index contributed by atoms with van der Waals surface area (Å²) in [5.74, 6) is 0.0322. The lowest BCUT2D eigenvalue weighted by molar-refractivity contribution is 0.101. The highest BCUT2D eigenvalue weighted by molar-refractivity contribution is 5.99. The number of carbonyl (C=O) groups excluding carboxylic acids is 1. The van der Waals surface area contributed by atoms with Crippen molar-refractivity contribution in [3.8, 4) is 0 Å². The quantitative estimate of drug-likeness (QED) is 0.658. The number of hydrogen-bond donors (Lipinski definition) is 1. The number of nitrogens with zero attached hydrogens (tertiary/aromatic N) is 1. The van der Waals surface area contributed by atoms with Gasteiger partial charge in [-0.25, -0.2) is 0 Å². The van der Waals surface area contributed by atoms with Crippen molar-refractivity contribution in [1.29, 1.82) is 0 Å². The van der Waals surface area contributed by atoms with Crippen molar-refractivity contribution in [3.63, 3.8) is 0 Å². The van der Waals surface area contributed by atoms with Crippen molar-refractivity contribution in [1.82, 2.24) is 0 Å². The maximum atomic E-state index is 11.4. The topological polar surface area (TPSA) is 46.3 Å². The maximum Gasteiger partial charge on any atom is 0.161 e. The standard InChI is InChI=1S/C15H22N2O/c1-3-12-6-4-5-9-17(12)13-7-8-14(11(2)18)15(16)10-13/h7-8,10,12H,3-6,9,16H2,1-2H3. The fourth-order valence-corrected chi connectivity index (χ4v) is 2.81. The summed E-state index contributed by atoms with van der Waals surface area (Å²) in [5.41, 5.74) is 8.35. The highest BCUT2D eigenvalue weighted by atomic mass is 16.1. The minimum atomic E-state index is 0.0322. The Morgan fingerprint density at radius 1 is 1.44 bits per heavy atom. The lowest BCUT2D eigenvalue weighted by Gasteiger charge is -2.37. The van der Waals surface area contributed by atoms with E-state index in [1.165, 1.54) is 19.3 Å². The van der Waals surface area contributed by atoms with Gasteiger partial charge in [-0.1, -0.05) is 6.92 Å². The Labute approximate surface area is 109 Å². The summed E-state index contributed by atoms with van der Waals surface area (Å²) in [7, 11) is 0. The molecule has 1 atom stereocenters. The van der Waals surface area contributed by atoms with E-state index in [9.17, 15) is 4.79 Å². The molecule has 1 aromatic carbocycles. The zero-order valence-corrected chi connectivity index (χ0v) is 11.3. The SMILES string of the molecule is CCC1CCCCN1c1ccc(C(C)=O)c(N)c1. The van der Waals surface area contributed by atoms with Crippen LogP contribution in [-0.4, -0.2) is 18.4 Å². The molecule has 98 valence electrons. The van der Waals surface area contributed by atoms with Gasteiger partial charge < -0.3 is 10.6 Å². The number of Topliss-reactive ketones (excluding diaryl/α,β-unsaturated/α-hetero) is 1. The number of rotatable bonds is 3. The van der Waals surface area contributed by atoms with Gasteiger partial charge in [0.15, 0.2) is 5.78 Å². The molecule has 0 spiro atoms. The van der Waals surface area contributed by atoms with Crippen molar-refractivity contribution in [2.75, 3.05) is 17.2 Å². The van der Waals surface area contributed by atoms with Gasteiger partial charge in [0.25, 0.3) is 0 Å². The monoisotopic (exact) mass is 246 g/mol. The summed E-state index contributed by atoms with van der Waals surface area (Å²) in [6, 6.07) is 6.45. The highest BCUT2D eigenvalue weighted by Crippen LogP contribution is 2.29. The van der Waals surface area contributed by atoms with Crippen LogP contribution in [0.5, 0.6) is 0 Å². The van der Waals surface area contributed by atoms with Gasteiger partial charge in [0.2, 0.25) is 0 Å². The number of carbonyl (C=O) groups is 1. The normalized spacial score (nSPS) is 19.9. The van der Waals surface area contributed by atoms with Crippen LogP contribution in [0, 0.1) is 0 Å². The van der Waals surface area contributed by atoms with Crippen LogP contribution in [0.15, 0.2) is 18.2 Å². The van der Waals surface area contributed by atoms with E-state index in [1.54, 1.807) is 6.92 Å². The molecule has 1 fully saturated rings. The van der Waals surface area contributed by atoms with E-state index in [2.05, 4.69) is 11.8 Å². The second-order valence-corrected chi connectivity index (χ2v) is 5.08. The van der Waals surface area contributed by atoms with Crippen LogP contribution in [0.3, 0.4) is 0 Å². The molecule has 1 saturated heterocycles. The molecule has 0 bridgehead atoms. The van der Waals surface area contributed by atoms with Gasteiger partial charge >= 0.3 is 0 Å². The predicted octanol–water partition coefficient (Wildman–Crippen LogP) is 3.24. The van der Waals surface area contributed by atoms with Crippen LogP contribution in [0.25, 0.3) is 0 Å². The lowest BCUT2D eigenvalue weighted by atomic mass is 9.98. The Morgan fingerprint density at radius 2 is 2.22 bits per heavy atom. The van der Waals surface area contributed by atoms with E-state index in [4.69, 9.17) is 5.73 Å². The number of nitrogen functional groups attached to an aromatic ring is 1. The van der Waals surface area contributed by atoms with Crippen LogP contribution >= 0.6 is 0 Å². The Morgan fingerprint density at radius 3 is 2.83 bits per heavy atom. The van der Waals surface area contributed by atoms with Gasteiger partial charge in [0, 0.05) is 29.5 Å². The number of nitrogens with two attached hydrogens (primary N) is 1. The summed E-state index contributed by atoms with van der Waals surface area (Å²) in [6.07, 6.45) is 4.97. The number of ketones is 1. The molecule has 1 unspecified atom stereocenters. The largest absolute Gasteiger partial charge is 0.398 e. The van der Waals surface area contributed by atoms with Gasteiger partial charge in [-0.05, 0) is 50.8 Å². The number of anilines is 2. The molecule has 2 rings (SSSR count). The Hall–Kier alpha value is -1.51. The van der Waals surface area contributed by atoms with Crippen LogP contribution in [0.2, 0.25) is 0 Å². The first-order valence-corrected chi connectivity index (χ1v) is 6.80. The van der Waals surface area contributed by atoms with E-state index in [1.807, 2.05) is 18.2 Å². The number of piperidine rings is 1. The van der Waals surface area contributed by atoms with Crippen molar-refractivity contribution in [2.24, 2.45) is 0 Å². The van der Waals surface area contributed by atoms with Crippen molar-refractivity contribution < 1.29 is 4.79 Å². The molecule has 2 N–H and O–H groups in total. The third-order valence-electron chi connectivity index (χ3n) is 3.84. The molecule has 1 aromatic rings. The van der Waals surface area contributed by atoms with E-state index in [0.29, 0.717) is 17.3 Å². The number of benzene rings is 1. The third-order valence-corrected chi connectivity index (χ3v) is 3.84. The fourth-order valence-electron chi connectivity index (χ4n) is 2.81. The van der Waals surface area contributed by atoms with Gasteiger partial charge in [0.1, 0.15) is 0 Å². The van der Waals surface area contributed by atoms with Gasteiger partial charge in [0.05, 0.1) is 0 Å². The Kier molecular flexibility index (Phi) is 3.90. The molecule has 3 nitrogen and oxygen atoms in total. The third kappa shape index (κ3) is 2.50. The van der Waals surface area contributed by atoms with E-state index in [0.717, 1.165) is 18.7 Å². The average Bonchev–Trinajstić information content (AvgIpc) is 2.38. The summed E-state index contributed by atoms with van der Waals surface area (Å²) in [4.78, 5) is 13.8. The molecule has 1 heterocycles. The molecule has 1 aliphatic heterocycles. The summed E-state index contributed by atoms with van der Waals surface area (Å²) >= 11 is 0. The molecule has 18 heavy (non-hydrogen) atoms. The molecule has 0 saturated carbocycles. The second-order valence-electron chi connectivity index (χ2n) is 5.08. The molecule has 3 heteroatoms. The predicted molar refractivity (Wildman–Crippen MR) is 76.1 cm³/mol. The van der Waals surface area contributed by atoms with Gasteiger partial charge in [-0.2, -0.15) is 0 Å². The maximum absolute atomic E-state index is 11.4. The summed E-state index contributed by atoms with van der Waals surface area (Å²) in [6.45, 7) is 4.88. The average molecular weight is 246 g/mol. The Balaban J connectivity index is 2.27. The molecule has 1 aliphatic rings. The van der Waals surface area contributed by atoms with Crippen molar-refractivity contribution in [3.05, 3.63) is 23.8 Å². The van der Waals surface area contributed by atoms with Crippen molar-refractivity contribution in [2.45, 2.75) is 45.6 Å². The van der Waals surface area contributed by atoms with E-state index < -0.39 is 0 Å². The molecule has 0 amide bonds. The summed E-state index contributed by atoms with van der Waals surface area (Å²) < 4.78 is 0. The first kappa shape index (κ1) is 12.9. The minimum Gasteiger partial charge on any atom is -0.398 e. The molecular formula is C15H22N2O. The number of hydrogen-bond acceptors (Lipinski definition) is 3. The fraction of sp³-hybridized carbons (Fsp3) is 0.533. The van der Waals surface area contributed by atoms with E-state index in [-0.39, 0.29) is 5.78 Å². The lowest BCUT2D eigenvalue weighted by Crippen LogP contribution is -2.39. The van der Waals surface area contributed by atoms with Crippen LogP contribution in [0.4, 0.5) is 11.4 Å². The zero-order chi connectivity index (χ0) is 13.1. The zero-order valence-electron chi connectivity index (χ0n) is 11.3. The highest BCUT2D eigenvalue weighted by Gasteiger charge is 2.21. The first-order valence-electron chi connectivity index (χ1n) is 6.80. The van der Waals surface area contributed by atoms with E-state index >= 15 is 0 Å². The molecule has 0 aromatic heterocycles. The smallest absolute Gasteiger partial charge is 0.161 e. The summed E-state index contributed by atoms with van der Waals surface area (Å²) in [5, 5.41) is 0. The van der Waals surface area contributed by atoms with Gasteiger partial charge in [-0.15, -0.1) is 0 Å². The van der Waals surface area contributed by atoms with Crippen LogP contribution < -0.4 is 10.6 Å².